The lowest BCUT2D eigenvalue weighted by atomic mass is 10.2. The van der Waals surface area contributed by atoms with Crippen LogP contribution in [0, 0.1) is 6.92 Å². The summed E-state index contributed by atoms with van der Waals surface area (Å²) in [7, 11) is 0. The molecule has 0 radical (unpaired) electrons. The number of nitrogens with one attached hydrogen (secondary N) is 3. The molecule has 25 heavy (non-hydrogen) atoms. The average molecular weight is 359 g/mol. The molecule has 0 aromatic heterocycles. The summed E-state index contributed by atoms with van der Waals surface area (Å²) < 4.78 is 5.31. The number of aromatic hydroxyl groups is 1. The van der Waals surface area contributed by atoms with Crippen molar-refractivity contribution in [2.24, 2.45) is 0 Å². The fraction of sp³-hybridized carbons (Fsp3) is 0.118. The number of phenols is 1. The Labute approximate surface area is 150 Å². The summed E-state index contributed by atoms with van der Waals surface area (Å²) >= 11 is 4.90. The third-order valence-corrected chi connectivity index (χ3v) is 3.29. The van der Waals surface area contributed by atoms with E-state index < -0.39 is 11.8 Å². The molecule has 130 valence electrons. The van der Waals surface area contributed by atoms with Crippen LogP contribution in [0.5, 0.6) is 11.5 Å². The molecule has 8 heteroatoms. The van der Waals surface area contributed by atoms with Gasteiger partial charge < -0.3 is 9.84 Å². The summed E-state index contributed by atoms with van der Waals surface area (Å²) in [5.41, 5.74) is 5.82. The van der Waals surface area contributed by atoms with Crippen LogP contribution in [-0.2, 0) is 4.79 Å². The van der Waals surface area contributed by atoms with Gasteiger partial charge in [0, 0.05) is 0 Å². The number of rotatable bonds is 4. The van der Waals surface area contributed by atoms with E-state index in [0.29, 0.717) is 5.75 Å². The van der Waals surface area contributed by atoms with Gasteiger partial charge in [-0.05, 0) is 43.4 Å². The minimum absolute atomic E-state index is 0.0758. The summed E-state index contributed by atoms with van der Waals surface area (Å²) in [6.07, 6.45) is 0. The second-order valence-electron chi connectivity index (χ2n) is 5.08. The van der Waals surface area contributed by atoms with Crippen molar-refractivity contribution in [3.8, 4) is 11.5 Å². The van der Waals surface area contributed by atoms with Gasteiger partial charge >= 0.3 is 0 Å². The third kappa shape index (κ3) is 5.78. The number of benzene rings is 2. The molecule has 0 aliphatic carbocycles. The molecule has 0 atom stereocenters. The monoisotopic (exact) mass is 359 g/mol. The first-order chi connectivity index (χ1) is 12.0. The number of thiocarbonyl (C=S) groups is 1. The SMILES string of the molecule is Cc1ccc(OCC(=O)NC(=S)NNC(=O)c2ccccc2O)cc1. The second-order valence-corrected chi connectivity index (χ2v) is 5.48. The first-order valence-corrected chi connectivity index (χ1v) is 7.74. The zero-order valence-electron chi connectivity index (χ0n) is 13.4. The molecule has 2 amide bonds. The standard InChI is InChI=1S/C17H17N3O4S/c1-11-6-8-12(9-7-11)24-10-15(22)18-17(25)20-19-16(23)13-4-2-3-5-14(13)21/h2-9,21H,10H2,1H3,(H,19,23)(H2,18,20,22,25). The van der Waals surface area contributed by atoms with E-state index in [1.54, 1.807) is 24.3 Å². The lowest BCUT2D eigenvalue weighted by Crippen LogP contribution is -2.49. The molecule has 0 unspecified atom stereocenters. The van der Waals surface area contributed by atoms with Crippen molar-refractivity contribution in [3.05, 3.63) is 59.7 Å². The van der Waals surface area contributed by atoms with Gasteiger partial charge in [-0.1, -0.05) is 29.8 Å². The molecule has 0 spiro atoms. The van der Waals surface area contributed by atoms with Crippen molar-refractivity contribution < 1.29 is 19.4 Å². The molecule has 7 nitrogen and oxygen atoms in total. The minimum atomic E-state index is -0.592. The number of amides is 2. The molecular formula is C17H17N3O4S. The van der Waals surface area contributed by atoms with E-state index in [0.717, 1.165) is 5.56 Å². The normalized spacial score (nSPS) is 9.80. The molecule has 4 N–H and O–H groups in total. The summed E-state index contributed by atoms with van der Waals surface area (Å²) in [5, 5.41) is 11.8. The number of para-hydroxylation sites is 1. The van der Waals surface area contributed by atoms with Gasteiger partial charge in [0.25, 0.3) is 11.8 Å². The Kier molecular flexibility index (Phi) is 6.30. The highest BCUT2D eigenvalue weighted by Crippen LogP contribution is 2.14. The van der Waals surface area contributed by atoms with E-state index in [1.807, 2.05) is 19.1 Å². The van der Waals surface area contributed by atoms with Crippen molar-refractivity contribution in [2.45, 2.75) is 6.92 Å². The molecule has 0 saturated heterocycles. The Bertz CT molecular complexity index is 778. The quantitative estimate of drug-likeness (QED) is 0.487. The summed E-state index contributed by atoms with van der Waals surface area (Å²) in [4.78, 5) is 23.6. The van der Waals surface area contributed by atoms with Gasteiger partial charge in [-0.3, -0.25) is 25.8 Å². The van der Waals surface area contributed by atoms with Gasteiger partial charge in [0.2, 0.25) is 0 Å². The topological polar surface area (TPSA) is 99.7 Å². The fourth-order valence-electron chi connectivity index (χ4n) is 1.82. The predicted molar refractivity (Wildman–Crippen MR) is 96.1 cm³/mol. The fourth-order valence-corrected chi connectivity index (χ4v) is 1.99. The van der Waals surface area contributed by atoms with Crippen LogP contribution < -0.4 is 20.9 Å². The average Bonchev–Trinajstić information content (AvgIpc) is 2.59. The number of ether oxygens (including phenoxy) is 1. The van der Waals surface area contributed by atoms with Crippen molar-refractivity contribution in [1.82, 2.24) is 16.2 Å². The molecule has 0 aliphatic rings. The maximum atomic E-state index is 11.9. The molecular weight excluding hydrogens is 342 g/mol. The molecule has 0 fully saturated rings. The molecule has 0 bridgehead atoms. The van der Waals surface area contributed by atoms with Crippen LogP contribution in [0.4, 0.5) is 0 Å². The van der Waals surface area contributed by atoms with E-state index in [9.17, 15) is 14.7 Å². The largest absolute Gasteiger partial charge is 0.507 e. The van der Waals surface area contributed by atoms with E-state index >= 15 is 0 Å². The van der Waals surface area contributed by atoms with Crippen molar-refractivity contribution in [3.63, 3.8) is 0 Å². The van der Waals surface area contributed by atoms with Gasteiger partial charge in [-0.25, -0.2) is 0 Å². The molecule has 0 aliphatic heterocycles. The Morgan fingerprint density at radius 1 is 1.08 bits per heavy atom. The first-order valence-electron chi connectivity index (χ1n) is 7.33. The zero-order valence-corrected chi connectivity index (χ0v) is 14.2. The molecule has 2 rings (SSSR count). The molecule has 0 heterocycles. The maximum absolute atomic E-state index is 11.9. The Hall–Kier alpha value is -3.13. The Balaban J connectivity index is 1.74. The highest BCUT2D eigenvalue weighted by molar-refractivity contribution is 7.80. The maximum Gasteiger partial charge on any atom is 0.273 e. The Morgan fingerprint density at radius 2 is 1.76 bits per heavy atom. The van der Waals surface area contributed by atoms with Gasteiger partial charge in [-0.2, -0.15) is 0 Å². The zero-order chi connectivity index (χ0) is 18.2. The van der Waals surface area contributed by atoms with Crippen LogP contribution in [-0.4, -0.2) is 28.6 Å². The van der Waals surface area contributed by atoms with Crippen LogP contribution in [0.1, 0.15) is 15.9 Å². The van der Waals surface area contributed by atoms with E-state index in [-0.39, 0.29) is 23.0 Å². The van der Waals surface area contributed by atoms with Crippen LogP contribution in [0.2, 0.25) is 0 Å². The molecule has 2 aromatic rings. The first kappa shape index (κ1) is 18.2. The second kappa shape index (κ2) is 8.65. The number of aryl methyl sites for hydroxylation is 1. The number of hydrogen-bond acceptors (Lipinski definition) is 5. The van der Waals surface area contributed by atoms with Crippen LogP contribution >= 0.6 is 12.2 Å². The minimum Gasteiger partial charge on any atom is -0.507 e. The van der Waals surface area contributed by atoms with Crippen LogP contribution in [0.15, 0.2) is 48.5 Å². The number of carbonyl (C=O) groups is 2. The number of hydrogen-bond donors (Lipinski definition) is 4. The lowest BCUT2D eigenvalue weighted by Gasteiger charge is -2.12. The number of phenolic OH excluding ortho intramolecular Hbond substituents is 1. The highest BCUT2D eigenvalue weighted by Gasteiger charge is 2.11. The number of carbonyl (C=O) groups excluding carboxylic acids is 2. The Morgan fingerprint density at radius 3 is 2.44 bits per heavy atom. The van der Waals surface area contributed by atoms with E-state index in [2.05, 4.69) is 16.2 Å². The molecule has 0 saturated carbocycles. The van der Waals surface area contributed by atoms with Gasteiger partial charge in [-0.15, -0.1) is 0 Å². The third-order valence-electron chi connectivity index (χ3n) is 3.08. The van der Waals surface area contributed by atoms with Crippen molar-refractivity contribution in [2.75, 3.05) is 6.61 Å². The van der Waals surface area contributed by atoms with Gasteiger partial charge in [0.05, 0.1) is 5.56 Å². The lowest BCUT2D eigenvalue weighted by molar-refractivity contribution is -0.121. The molecule has 2 aromatic carbocycles. The van der Waals surface area contributed by atoms with Gasteiger partial charge in [0.15, 0.2) is 11.7 Å². The summed E-state index contributed by atoms with van der Waals surface area (Å²) in [6, 6.07) is 13.3. The summed E-state index contributed by atoms with van der Waals surface area (Å²) in [6.45, 7) is 1.72. The smallest absolute Gasteiger partial charge is 0.273 e. The van der Waals surface area contributed by atoms with E-state index in [1.165, 1.54) is 12.1 Å². The van der Waals surface area contributed by atoms with Crippen molar-refractivity contribution in [1.29, 1.82) is 0 Å². The van der Waals surface area contributed by atoms with Crippen molar-refractivity contribution >= 4 is 29.1 Å². The van der Waals surface area contributed by atoms with Crippen LogP contribution in [0.3, 0.4) is 0 Å². The van der Waals surface area contributed by atoms with E-state index in [4.69, 9.17) is 17.0 Å². The highest BCUT2D eigenvalue weighted by atomic mass is 32.1. The predicted octanol–water partition coefficient (Wildman–Crippen LogP) is 1.42. The number of hydrazine groups is 1. The van der Waals surface area contributed by atoms with Gasteiger partial charge in [0.1, 0.15) is 11.5 Å². The van der Waals surface area contributed by atoms with Crippen LogP contribution in [0.25, 0.3) is 0 Å². The summed E-state index contributed by atoms with van der Waals surface area (Å²) in [5.74, 6) is -0.670.